The van der Waals surface area contributed by atoms with Crippen LogP contribution >= 0.6 is 0 Å². The fourth-order valence-corrected chi connectivity index (χ4v) is 3.00. The molecule has 22 heavy (non-hydrogen) atoms. The van der Waals surface area contributed by atoms with Crippen LogP contribution in [0.4, 0.5) is 0 Å². The summed E-state index contributed by atoms with van der Waals surface area (Å²) in [6, 6.07) is 4.01. The zero-order chi connectivity index (χ0) is 14.5. The standard InChI is InChI=1S/C16H14N6/c1-2-10(3-1)15-17-7-13-12(6-18-16(13)21-15)11-4-5-14-19-9-20-22(14)8-11/h4-10H,1-3H2,(H,17,18,21). The van der Waals surface area contributed by atoms with Crippen LogP contribution in [0.5, 0.6) is 0 Å². The van der Waals surface area contributed by atoms with Gasteiger partial charge in [0, 0.05) is 41.0 Å². The highest BCUT2D eigenvalue weighted by molar-refractivity contribution is 5.93. The molecule has 0 aliphatic heterocycles. The van der Waals surface area contributed by atoms with Gasteiger partial charge in [-0.15, -0.1) is 0 Å². The van der Waals surface area contributed by atoms with Gasteiger partial charge < -0.3 is 4.98 Å². The van der Waals surface area contributed by atoms with Crippen LogP contribution in [0.2, 0.25) is 0 Å². The van der Waals surface area contributed by atoms with E-state index in [0.717, 1.165) is 33.6 Å². The van der Waals surface area contributed by atoms with Gasteiger partial charge in [-0.3, -0.25) is 0 Å². The van der Waals surface area contributed by atoms with E-state index in [0.29, 0.717) is 5.92 Å². The van der Waals surface area contributed by atoms with Gasteiger partial charge in [0.25, 0.3) is 0 Å². The van der Waals surface area contributed by atoms with Crippen LogP contribution in [-0.4, -0.2) is 29.5 Å². The average molecular weight is 290 g/mol. The Hall–Kier alpha value is -2.76. The van der Waals surface area contributed by atoms with E-state index in [1.807, 2.05) is 30.7 Å². The summed E-state index contributed by atoms with van der Waals surface area (Å²) in [6.45, 7) is 0. The second-order valence-corrected chi connectivity index (χ2v) is 5.80. The van der Waals surface area contributed by atoms with Crippen molar-refractivity contribution in [2.24, 2.45) is 0 Å². The molecular formula is C16H14N6. The highest BCUT2D eigenvalue weighted by atomic mass is 15.3. The molecule has 1 aliphatic rings. The molecule has 0 bridgehead atoms. The molecule has 1 N–H and O–H groups in total. The number of fused-ring (bicyclic) bond motifs is 2. The summed E-state index contributed by atoms with van der Waals surface area (Å²) in [5.74, 6) is 1.52. The van der Waals surface area contributed by atoms with Crippen molar-refractivity contribution in [2.45, 2.75) is 25.2 Å². The number of pyridine rings is 1. The molecule has 0 radical (unpaired) electrons. The zero-order valence-electron chi connectivity index (χ0n) is 11.9. The van der Waals surface area contributed by atoms with Gasteiger partial charge >= 0.3 is 0 Å². The van der Waals surface area contributed by atoms with E-state index in [4.69, 9.17) is 4.98 Å². The topological polar surface area (TPSA) is 71.8 Å². The lowest BCUT2D eigenvalue weighted by Crippen LogP contribution is -2.12. The molecule has 0 unspecified atom stereocenters. The van der Waals surface area contributed by atoms with E-state index < -0.39 is 0 Å². The van der Waals surface area contributed by atoms with E-state index >= 15 is 0 Å². The Morgan fingerprint density at radius 2 is 2.14 bits per heavy atom. The first kappa shape index (κ1) is 11.9. The highest BCUT2D eigenvalue weighted by Crippen LogP contribution is 2.35. The van der Waals surface area contributed by atoms with E-state index in [1.165, 1.54) is 19.3 Å². The van der Waals surface area contributed by atoms with Gasteiger partial charge in [0.15, 0.2) is 5.65 Å². The highest BCUT2D eigenvalue weighted by Gasteiger charge is 2.23. The van der Waals surface area contributed by atoms with Crippen LogP contribution in [-0.2, 0) is 0 Å². The van der Waals surface area contributed by atoms with Crippen molar-refractivity contribution >= 4 is 16.7 Å². The Kier molecular flexibility index (Phi) is 2.35. The third kappa shape index (κ3) is 1.67. The van der Waals surface area contributed by atoms with Crippen LogP contribution < -0.4 is 0 Å². The molecule has 1 saturated carbocycles. The van der Waals surface area contributed by atoms with E-state index in [-0.39, 0.29) is 0 Å². The summed E-state index contributed by atoms with van der Waals surface area (Å²) >= 11 is 0. The number of aromatic amines is 1. The number of nitrogens with one attached hydrogen (secondary N) is 1. The maximum atomic E-state index is 4.69. The molecule has 4 aromatic heterocycles. The van der Waals surface area contributed by atoms with Crippen molar-refractivity contribution in [1.29, 1.82) is 0 Å². The fourth-order valence-electron chi connectivity index (χ4n) is 3.00. The van der Waals surface area contributed by atoms with Crippen LogP contribution in [0.1, 0.15) is 31.0 Å². The molecule has 1 fully saturated rings. The molecule has 0 amide bonds. The zero-order valence-corrected chi connectivity index (χ0v) is 11.9. The molecule has 4 heterocycles. The maximum Gasteiger partial charge on any atom is 0.155 e. The first-order valence-electron chi connectivity index (χ1n) is 7.52. The Bertz CT molecular complexity index is 979. The summed E-state index contributed by atoms with van der Waals surface area (Å²) in [7, 11) is 0. The predicted molar refractivity (Wildman–Crippen MR) is 82.5 cm³/mol. The molecule has 0 atom stereocenters. The molecule has 108 valence electrons. The Labute approximate surface area is 126 Å². The van der Waals surface area contributed by atoms with Gasteiger partial charge in [-0.25, -0.2) is 19.5 Å². The second-order valence-electron chi connectivity index (χ2n) is 5.80. The molecule has 1 aliphatic carbocycles. The molecule has 5 rings (SSSR count). The van der Waals surface area contributed by atoms with Gasteiger partial charge in [0.05, 0.1) is 0 Å². The lowest BCUT2D eigenvalue weighted by Gasteiger charge is -2.23. The van der Waals surface area contributed by atoms with Crippen molar-refractivity contribution in [2.75, 3.05) is 0 Å². The first-order valence-corrected chi connectivity index (χ1v) is 7.52. The van der Waals surface area contributed by atoms with E-state index in [2.05, 4.69) is 20.1 Å². The summed E-state index contributed by atoms with van der Waals surface area (Å²) in [4.78, 5) is 16.7. The molecule has 0 spiro atoms. The third-order valence-corrected chi connectivity index (χ3v) is 4.51. The molecular weight excluding hydrogens is 276 g/mol. The summed E-state index contributed by atoms with van der Waals surface area (Å²) in [5.41, 5.74) is 3.91. The van der Waals surface area contributed by atoms with Crippen molar-refractivity contribution in [3.8, 4) is 11.1 Å². The Balaban J connectivity index is 1.64. The van der Waals surface area contributed by atoms with E-state index in [1.54, 1.807) is 10.8 Å². The van der Waals surface area contributed by atoms with Crippen molar-refractivity contribution in [3.63, 3.8) is 0 Å². The fraction of sp³-hybridized carbons (Fsp3) is 0.250. The minimum atomic E-state index is 0.544. The molecule has 6 heteroatoms. The third-order valence-electron chi connectivity index (χ3n) is 4.51. The predicted octanol–water partition coefficient (Wildman–Crippen LogP) is 2.94. The van der Waals surface area contributed by atoms with Crippen LogP contribution in [0.25, 0.3) is 27.8 Å². The molecule has 6 nitrogen and oxygen atoms in total. The summed E-state index contributed by atoms with van der Waals surface area (Å²) in [5, 5.41) is 5.23. The number of hydrogen-bond acceptors (Lipinski definition) is 4. The van der Waals surface area contributed by atoms with Crippen molar-refractivity contribution < 1.29 is 0 Å². The second kappa shape index (κ2) is 4.37. The lowest BCUT2D eigenvalue weighted by molar-refractivity contribution is 0.402. The minimum absolute atomic E-state index is 0.544. The summed E-state index contributed by atoms with van der Waals surface area (Å²) in [6.07, 6.45) is 11.2. The number of rotatable bonds is 2. The van der Waals surface area contributed by atoms with Gasteiger partial charge in [0.2, 0.25) is 0 Å². The van der Waals surface area contributed by atoms with Crippen molar-refractivity contribution in [3.05, 3.63) is 42.9 Å². The first-order chi connectivity index (χ1) is 10.9. The largest absolute Gasteiger partial charge is 0.345 e. The summed E-state index contributed by atoms with van der Waals surface area (Å²) < 4.78 is 1.78. The number of nitrogens with zero attached hydrogens (tertiary/aromatic N) is 5. The molecule has 4 aromatic rings. The smallest absolute Gasteiger partial charge is 0.155 e. The number of H-pyrrole nitrogens is 1. The quantitative estimate of drug-likeness (QED) is 0.616. The molecule has 0 saturated heterocycles. The monoisotopic (exact) mass is 290 g/mol. The van der Waals surface area contributed by atoms with Gasteiger partial charge in [-0.2, -0.15) is 5.10 Å². The van der Waals surface area contributed by atoms with Crippen LogP contribution in [0.15, 0.2) is 37.1 Å². The number of aromatic nitrogens is 6. The average Bonchev–Trinajstić information content (AvgIpc) is 3.10. The minimum Gasteiger partial charge on any atom is -0.345 e. The van der Waals surface area contributed by atoms with Crippen LogP contribution in [0.3, 0.4) is 0 Å². The Morgan fingerprint density at radius 1 is 1.18 bits per heavy atom. The van der Waals surface area contributed by atoms with Gasteiger partial charge in [0.1, 0.15) is 17.8 Å². The molecule has 0 aromatic carbocycles. The number of hydrogen-bond donors (Lipinski definition) is 1. The van der Waals surface area contributed by atoms with Crippen molar-refractivity contribution in [1.82, 2.24) is 29.5 Å². The van der Waals surface area contributed by atoms with Gasteiger partial charge in [-0.1, -0.05) is 6.42 Å². The Morgan fingerprint density at radius 3 is 3.00 bits per heavy atom. The maximum absolute atomic E-state index is 4.69. The lowest BCUT2D eigenvalue weighted by atomic mass is 9.85. The SMILES string of the molecule is c1nc2ccc(-c3c[nH]c4nc(C5CCC5)ncc34)cn2n1. The van der Waals surface area contributed by atoms with E-state index in [9.17, 15) is 0 Å². The van der Waals surface area contributed by atoms with Gasteiger partial charge in [-0.05, 0) is 25.0 Å². The normalized spacial score (nSPS) is 15.5. The van der Waals surface area contributed by atoms with Crippen LogP contribution in [0, 0.1) is 0 Å².